The fourth-order valence-electron chi connectivity index (χ4n) is 39.7. The number of carboxylic acids is 1. The molecule has 17 N–H and O–H groups in total. The van der Waals surface area contributed by atoms with E-state index in [4.69, 9.17) is 41.9 Å². The number of aliphatic hydroxyl groups is 8. The van der Waals surface area contributed by atoms with Crippen molar-refractivity contribution in [3.05, 3.63) is 103 Å². The van der Waals surface area contributed by atoms with E-state index < -0.39 is 89.8 Å². The highest BCUT2D eigenvalue weighted by Gasteiger charge is 2.78. The van der Waals surface area contributed by atoms with Crippen molar-refractivity contribution >= 4 is 47.2 Å². The molecule has 0 aromatic heterocycles. The van der Waals surface area contributed by atoms with Crippen molar-refractivity contribution < 1.29 is 103 Å². The Morgan fingerprint density at radius 3 is 1.02 bits per heavy atom. The van der Waals surface area contributed by atoms with Crippen molar-refractivity contribution in [3.63, 3.8) is 0 Å². The third kappa shape index (κ3) is 20.3. The van der Waals surface area contributed by atoms with Gasteiger partial charge in [0.25, 0.3) is 0 Å². The van der Waals surface area contributed by atoms with E-state index in [1.807, 2.05) is 91.8 Å². The molecule has 25 heteroatoms. The van der Waals surface area contributed by atoms with Crippen molar-refractivity contribution in [2.24, 2.45) is 183 Å². The Morgan fingerprint density at radius 1 is 0.367 bits per heavy atom. The summed E-state index contributed by atoms with van der Waals surface area (Å²) in [6, 6.07) is -1.49. The van der Waals surface area contributed by atoms with Gasteiger partial charge in [0.2, 0.25) is 0 Å². The molecule has 43 atom stereocenters. The molecule has 0 radical (unpaired) electrons. The molecule has 0 spiro atoms. The minimum atomic E-state index is -0.979. The number of hydrogen-bond acceptors (Lipinski definition) is 24. The summed E-state index contributed by atoms with van der Waals surface area (Å²) in [4.78, 5) is 101. The summed E-state index contributed by atoms with van der Waals surface area (Å²) < 4.78 is 23.7. The summed E-state index contributed by atoms with van der Waals surface area (Å²) in [5.41, 5.74) is 33.0. The third-order valence-corrected chi connectivity index (χ3v) is 46.2. The highest BCUT2D eigenvalue weighted by Crippen LogP contribution is 2.81. The number of carbonyl (C=O) groups is 8. The van der Waals surface area contributed by atoms with Gasteiger partial charge in [-0.2, -0.15) is 0 Å². The van der Waals surface area contributed by atoms with Crippen LogP contribution in [0.3, 0.4) is 0 Å². The van der Waals surface area contributed by atoms with Crippen molar-refractivity contribution in [2.75, 3.05) is 6.54 Å². The largest absolute Gasteiger partial charge is 0.478 e. The van der Waals surface area contributed by atoms with E-state index in [1.54, 1.807) is 20.8 Å². The summed E-state index contributed by atoms with van der Waals surface area (Å²) in [5, 5.41) is 101. The summed E-state index contributed by atoms with van der Waals surface area (Å²) >= 11 is 0. The van der Waals surface area contributed by atoms with E-state index in [0.29, 0.717) is 129 Å². The number of carboxylic acid groups (broad SMARTS) is 1. The van der Waals surface area contributed by atoms with Crippen LogP contribution in [-0.4, -0.2) is 191 Å². The quantitative estimate of drug-likeness (QED) is 0.0199. The number of Topliss-reactive ketones (excluding diaryl/α,β-unsaturated/α-hetero) is 3. The Kier molecular flexibility index (Phi) is 35.4. The second-order valence-electron chi connectivity index (χ2n) is 55.0. The number of aliphatic hydroxyl groups excluding tert-OH is 8. The number of ketones is 3. The van der Waals surface area contributed by atoms with Crippen LogP contribution in [0.25, 0.3) is 0 Å². The van der Waals surface area contributed by atoms with E-state index in [0.717, 1.165) is 122 Å². The number of aliphatic carboxylic acids is 1. The maximum Gasteiger partial charge on any atom is 0.331 e. The van der Waals surface area contributed by atoms with Gasteiger partial charge in [0.15, 0.2) is 17.3 Å². The second-order valence-corrected chi connectivity index (χ2v) is 55.0. The zero-order valence-electron chi connectivity index (χ0n) is 97.0. The van der Waals surface area contributed by atoms with Crippen LogP contribution in [-0.2, 0) is 57.3 Å². The molecule has 0 aliphatic heterocycles. The van der Waals surface area contributed by atoms with Crippen molar-refractivity contribution in [2.45, 2.75) is 460 Å². The Labute approximate surface area is 897 Å². The number of nitrogens with two attached hydrogens (primary N) is 4. The van der Waals surface area contributed by atoms with Crippen LogP contribution in [0.2, 0.25) is 0 Å². The number of hydrogen-bond donors (Lipinski definition) is 13. The third-order valence-electron chi connectivity index (χ3n) is 46.2. The van der Waals surface area contributed by atoms with Gasteiger partial charge in [-0.05, 0) is 425 Å². The Balaban J connectivity index is 0.000000167. The lowest BCUT2D eigenvalue weighted by Gasteiger charge is -2.69. The smallest absolute Gasteiger partial charge is 0.331 e. The first-order valence-electron chi connectivity index (χ1n) is 57.5. The van der Waals surface area contributed by atoms with Crippen LogP contribution in [0, 0.1) is 160 Å². The fraction of sp³-hybridized carbons (Fsp3) is 0.792. The van der Waals surface area contributed by atoms with Gasteiger partial charge in [0.1, 0.15) is 24.4 Å². The summed E-state index contributed by atoms with van der Waals surface area (Å²) in [7, 11) is 0. The molecular weight excluding hydrogens is 1890 g/mol. The SMILES string of the molecule is CC(=O)O[C@H]1C[C@@]2(C)[C@@H](C[C@@H](O)[C@H]3[C@@]4(C)CC[C@@H](O)[C@@H](C)[C@@H]4CC[C@@]32C)/C1=C(/C(C)=O)[C@@H](N)C=C(C)C.CC(=O)O[C@H]1C[C@@]2(C)[C@@H](C[C@@H](O)[C@H]3[C@@]4(C)CC[C@@H](O)[C@@H](C)[C@@H]4CC[C@@]32C)/C1=C(/C(C)=O)[C@H](N)C=C(C)C.CC(=O)O[C@H]1C[C@@]2(C)[C@@H](C[C@@H](O)[C@H]3[C@@]4(C)CC[C@@H](O)[C@@H](C)[C@@H]4CC[C@@]32CN)/C1=C(\CCC=C(C)C)C(=O)O.CC(=O)O[C@H]1C[C@@]2(C)[C@@H](C[C@@H](O)[C@H]3[C@@]4(C)C[C@H](N)[C@@H](O)[C@@H](C)[C@@H]4CC[C@@]32C)/C1=C(\C=C/C=C(C)C)C(C)=O. The van der Waals surface area contributed by atoms with Crippen LogP contribution in [0.5, 0.6) is 0 Å². The molecular formula is C125H196N4O21. The molecule has 150 heavy (non-hydrogen) atoms. The van der Waals surface area contributed by atoms with Crippen LogP contribution >= 0.6 is 0 Å². The molecule has 0 heterocycles. The van der Waals surface area contributed by atoms with Gasteiger partial charge in [-0.3, -0.25) is 33.6 Å². The van der Waals surface area contributed by atoms with Gasteiger partial charge in [0.05, 0.1) is 60.9 Å². The first kappa shape index (κ1) is 121. The molecule has 16 rings (SSSR count). The maximum atomic E-state index is 13.1. The molecule has 842 valence electrons. The lowest BCUT2D eigenvalue weighted by atomic mass is 9.36. The van der Waals surface area contributed by atoms with Crippen molar-refractivity contribution in [1.29, 1.82) is 0 Å². The topological polar surface area (TPSA) is 460 Å². The predicted molar refractivity (Wildman–Crippen MR) is 583 cm³/mol. The van der Waals surface area contributed by atoms with Crippen LogP contribution in [0.4, 0.5) is 0 Å². The van der Waals surface area contributed by atoms with E-state index in [-0.39, 0.29) is 191 Å². The number of fused-ring (bicyclic) bond motifs is 20. The molecule has 16 saturated carbocycles. The van der Waals surface area contributed by atoms with Crippen molar-refractivity contribution in [1.82, 2.24) is 0 Å². The minimum absolute atomic E-state index is 0.00433. The van der Waals surface area contributed by atoms with E-state index >= 15 is 0 Å². The van der Waals surface area contributed by atoms with Crippen LogP contribution in [0.15, 0.2) is 103 Å². The zero-order chi connectivity index (χ0) is 112. The Bertz CT molecular complexity index is 5250. The second kappa shape index (κ2) is 44.1. The molecule has 0 aromatic rings. The van der Waals surface area contributed by atoms with Crippen LogP contribution in [0.1, 0.15) is 368 Å². The minimum Gasteiger partial charge on any atom is -0.478 e. The molecule has 16 aliphatic carbocycles. The standard InChI is InChI=1S/C32H49NO5.C31H49NO6.2C31H49NO5/c1-17(2)10-9-11-21(19(4)34)27-23-14-25(36)29-30(6)15-24(33)28(37)18(3)22(30)12-13-31(29,7)32(23,8)16-26(27)38-20(5)35;1-17(2)8-7-9-20(28(36)37)26-22-14-24(35)27-29(5)12-11-23(34)18(3)21(29)10-13-31(27,16-32)30(22,6)15-25(26)38-19(4)33;2*1-16(2)13-22(32)26(18(4)33)27-21-14-24(36)28-29(6)11-10-23(35)17(3)20(29)9-12-30(28,7)31(21,8)15-25(27)37-19(5)34/h9-11,18,22-26,28-29,36-37H,12-16,33H2,1-8H3;8,18,21-25,27,34-35H,7,9-16,32H2,1-6H3,(H,36,37);2*13,17,20-25,28,35-36H,9-12,14-15,32H2,1-8H3/b11-9-,27-21-;26-20-;2*27-26+/t18-,22-,23-,24-,25+,26-,28-,29-,30-,31-,32-;18-,21-,22-,23+,24+,25-,27-,29-,30-,31+;17-,20-,21-,22+,23+,24+,25-,28-,29-,30-,31-;17-,20-,21-,22-,23+,24+,25-,28-,29-,30-,31-/m0000/s1. The van der Waals surface area contributed by atoms with E-state index in [2.05, 4.69) is 104 Å². The Hall–Kier alpha value is -6.46. The molecule has 0 bridgehead atoms. The summed E-state index contributed by atoms with van der Waals surface area (Å²) in [6.45, 7) is 60.5. The molecule has 16 aliphatic rings. The molecule has 16 fully saturated rings. The van der Waals surface area contributed by atoms with Gasteiger partial charge in [-0.25, -0.2) is 4.79 Å². The lowest BCUT2D eigenvalue weighted by molar-refractivity contribution is -0.237. The average molecular weight is 2090 g/mol. The van der Waals surface area contributed by atoms with Gasteiger partial charge in [-0.1, -0.05) is 163 Å². The molecule has 0 saturated heterocycles. The van der Waals surface area contributed by atoms with Gasteiger partial charge in [-0.15, -0.1) is 0 Å². The molecule has 0 amide bonds. The average Bonchev–Trinajstić information content (AvgIpc) is 1.49. The zero-order valence-corrected chi connectivity index (χ0v) is 97.0. The fourth-order valence-corrected chi connectivity index (χ4v) is 39.7. The number of rotatable bonds is 18. The van der Waals surface area contributed by atoms with E-state index in [9.17, 15) is 84.3 Å². The number of ether oxygens (including phenoxy) is 4. The molecule has 25 nitrogen and oxygen atoms in total. The van der Waals surface area contributed by atoms with E-state index in [1.165, 1.54) is 27.7 Å². The predicted octanol–water partition coefficient (Wildman–Crippen LogP) is 18.9. The number of esters is 4. The highest BCUT2D eigenvalue weighted by molar-refractivity contribution is 5.98. The lowest BCUT2D eigenvalue weighted by Crippen LogP contribution is -2.68. The first-order chi connectivity index (χ1) is 69.5. The van der Waals surface area contributed by atoms with Gasteiger partial charge < -0.3 is 87.8 Å². The summed E-state index contributed by atoms with van der Waals surface area (Å²) in [5.74, 6) is -1.24. The monoisotopic (exact) mass is 2090 g/mol. The normalized spacial score (nSPS) is 46.8. The molecule has 0 aromatic carbocycles. The number of allylic oxidation sites excluding steroid dienone is 9. The highest BCUT2D eigenvalue weighted by atomic mass is 16.6. The molecule has 0 unspecified atom stereocenters. The van der Waals surface area contributed by atoms with Crippen molar-refractivity contribution in [3.8, 4) is 0 Å². The van der Waals surface area contributed by atoms with Gasteiger partial charge in [0, 0.05) is 56.0 Å². The maximum absolute atomic E-state index is 13.1. The van der Waals surface area contributed by atoms with Crippen LogP contribution < -0.4 is 22.9 Å². The number of carbonyl (C=O) groups excluding carboxylic acids is 7. The summed E-state index contributed by atoms with van der Waals surface area (Å²) in [6.07, 6.45) is 24.1. The Morgan fingerprint density at radius 2 is 0.687 bits per heavy atom. The first-order valence-corrected chi connectivity index (χ1v) is 57.5. The van der Waals surface area contributed by atoms with Gasteiger partial charge >= 0.3 is 29.8 Å².